The average molecular weight is 459 g/mol. The zero-order chi connectivity index (χ0) is 23.0. The number of amides is 1. The third kappa shape index (κ3) is 7.07. The molecule has 1 heterocycles. The van der Waals surface area contributed by atoms with Gasteiger partial charge < -0.3 is 10.1 Å². The van der Waals surface area contributed by atoms with Crippen LogP contribution >= 0.6 is 0 Å². The Morgan fingerprint density at radius 3 is 2.66 bits per heavy atom. The Morgan fingerprint density at radius 1 is 1.12 bits per heavy atom. The van der Waals surface area contributed by atoms with E-state index in [1.165, 1.54) is 15.4 Å². The lowest BCUT2D eigenvalue weighted by atomic mass is 9.99. The van der Waals surface area contributed by atoms with Crippen molar-refractivity contribution in [2.75, 3.05) is 32.0 Å². The lowest BCUT2D eigenvalue weighted by Crippen LogP contribution is -2.46. The lowest BCUT2D eigenvalue weighted by Gasteiger charge is -2.31. The number of hydrogen-bond donors (Lipinski definition) is 1. The molecule has 1 atom stereocenters. The minimum Gasteiger partial charge on any atom is -0.492 e. The van der Waals surface area contributed by atoms with E-state index in [1.54, 1.807) is 0 Å². The molecule has 1 aliphatic rings. The summed E-state index contributed by atoms with van der Waals surface area (Å²) in [5, 5.41) is 2.90. The van der Waals surface area contributed by atoms with Crippen LogP contribution in [0, 0.1) is 19.8 Å². The summed E-state index contributed by atoms with van der Waals surface area (Å²) >= 11 is 0. The molecule has 1 fully saturated rings. The first-order chi connectivity index (χ1) is 15.3. The van der Waals surface area contributed by atoms with Crippen LogP contribution < -0.4 is 10.1 Å². The standard InChI is InChI=1S/C25H34N2O4S/c1-20-12-13-24(18-21(20)2)31-16-14-26-25(28)23-11-6-15-27(19-23)32(29,30)17-7-10-22-8-4-3-5-9-22/h3-5,8-9,12-13,18,23H,6-7,10-11,14-17,19H2,1-2H3,(H,26,28). The molecule has 0 saturated carbocycles. The van der Waals surface area contributed by atoms with E-state index in [1.807, 2.05) is 55.5 Å². The number of sulfonamides is 1. The second-order valence-electron chi connectivity index (χ2n) is 8.49. The quantitative estimate of drug-likeness (QED) is 0.553. The second-order valence-corrected chi connectivity index (χ2v) is 10.6. The van der Waals surface area contributed by atoms with Crippen LogP contribution in [-0.2, 0) is 21.2 Å². The van der Waals surface area contributed by atoms with E-state index in [9.17, 15) is 13.2 Å². The van der Waals surface area contributed by atoms with Crippen molar-refractivity contribution < 1.29 is 17.9 Å². The number of aryl methyl sites for hydroxylation is 3. The first-order valence-electron chi connectivity index (χ1n) is 11.3. The maximum atomic E-state index is 12.8. The number of rotatable bonds is 10. The maximum absolute atomic E-state index is 12.8. The topological polar surface area (TPSA) is 75.7 Å². The number of benzene rings is 2. The van der Waals surface area contributed by atoms with Crippen molar-refractivity contribution in [1.29, 1.82) is 0 Å². The van der Waals surface area contributed by atoms with E-state index >= 15 is 0 Å². The van der Waals surface area contributed by atoms with Crippen LogP contribution in [-0.4, -0.2) is 50.6 Å². The first kappa shape index (κ1) is 24.3. The van der Waals surface area contributed by atoms with Crippen LogP contribution in [0.4, 0.5) is 0 Å². The van der Waals surface area contributed by atoms with Gasteiger partial charge in [0, 0.05) is 13.1 Å². The Morgan fingerprint density at radius 2 is 1.91 bits per heavy atom. The molecular weight excluding hydrogens is 424 g/mol. The van der Waals surface area contributed by atoms with E-state index in [0.717, 1.165) is 17.7 Å². The van der Waals surface area contributed by atoms with E-state index in [4.69, 9.17) is 4.74 Å². The molecule has 3 rings (SSSR count). The number of piperidine rings is 1. The highest BCUT2D eigenvalue weighted by atomic mass is 32.2. The fraction of sp³-hybridized carbons (Fsp3) is 0.480. The molecule has 0 aliphatic carbocycles. The van der Waals surface area contributed by atoms with Gasteiger partial charge in [0.15, 0.2) is 0 Å². The predicted molar refractivity (Wildman–Crippen MR) is 127 cm³/mol. The van der Waals surface area contributed by atoms with Crippen LogP contribution in [0.5, 0.6) is 5.75 Å². The Balaban J connectivity index is 1.41. The van der Waals surface area contributed by atoms with Gasteiger partial charge in [-0.15, -0.1) is 0 Å². The van der Waals surface area contributed by atoms with Crippen molar-refractivity contribution in [2.24, 2.45) is 5.92 Å². The van der Waals surface area contributed by atoms with Gasteiger partial charge in [-0.1, -0.05) is 36.4 Å². The molecule has 0 spiro atoms. The number of nitrogens with zero attached hydrogens (tertiary/aromatic N) is 1. The smallest absolute Gasteiger partial charge is 0.224 e. The summed E-state index contributed by atoms with van der Waals surface area (Å²) < 4.78 is 32.8. The molecular formula is C25H34N2O4S. The van der Waals surface area contributed by atoms with Gasteiger partial charge >= 0.3 is 0 Å². The van der Waals surface area contributed by atoms with Crippen LogP contribution in [0.15, 0.2) is 48.5 Å². The van der Waals surface area contributed by atoms with Gasteiger partial charge in [0.25, 0.3) is 0 Å². The van der Waals surface area contributed by atoms with E-state index in [0.29, 0.717) is 39.0 Å². The highest BCUT2D eigenvalue weighted by Crippen LogP contribution is 2.21. The Hall–Kier alpha value is -2.38. The van der Waals surface area contributed by atoms with Gasteiger partial charge in [-0.05, 0) is 68.4 Å². The molecule has 1 unspecified atom stereocenters. The Kier molecular flexibility index (Phi) is 8.70. The highest BCUT2D eigenvalue weighted by molar-refractivity contribution is 7.89. The van der Waals surface area contributed by atoms with Crippen molar-refractivity contribution >= 4 is 15.9 Å². The van der Waals surface area contributed by atoms with Gasteiger partial charge in [-0.25, -0.2) is 12.7 Å². The zero-order valence-corrected chi connectivity index (χ0v) is 19.9. The monoisotopic (exact) mass is 458 g/mol. The molecule has 6 nitrogen and oxygen atoms in total. The summed E-state index contributed by atoms with van der Waals surface area (Å²) in [6.07, 6.45) is 2.73. The molecule has 1 aliphatic heterocycles. The molecule has 1 amide bonds. The summed E-state index contributed by atoms with van der Waals surface area (Å²) in [7, 11) is -3.36. The maximum Gasteiger partial charge on any atom is 0.224 e. The molecule has 2 aromatic carbocycles. The molecule has 2 aromatic rings. The van der Waals surface area contributed by atoms with Crippen LogP contribution in [0.25, 0.3) is 0 Å². The normalized spacial score (nSPS) is 17.1. The number of carbonyl (C=O) groups is 1. The molecule has 1 saturated heterocycles. The molecule has 7 heteroatoms. The van der Waals surface area contributed by atoms with Crippen LogP contribution in [0.3, 0.4) is 0 Å². The van der Waals surface area contributed by atoms with Crippen molar-refractivity contribution in [3.05, 3.63) is 65.2 Å². The van der Waals surface area contributed by atoms with Crippen molar-refractivity contribution in [3.8, 4) is 5.75 Å². The van der Waals surface area contributed by atoms with E-state index in [-0.39, 0.29) is 24.1 Å². The molecule has 0 aromatic heterocycles. The number of carbonyl (C=O) groups excluding carboxylic acids is 1. The molecule has 32 heavy (non-hydrogen) atoms. The number of hydrogen-bond acceptors (Lipinski definition) is 4. The summed E-state index contributed by atoms with van der Waals surface area (Å²) in [4.78, 5) is 12.6. The highest BCUT2D eigenvalue weighted by Gasteiger charge is 2.31. The van der Waals surface area contributed by atoms with Crippen LogP contribution in [0.2, 0.25) is 0 Å². The third-order valence-corrected chi connectivity index (χ3v) is 7.93. The SMILES string of the molecule is Cc1ccc(OCCNC(=O)C2CCCN(S(=O)(=O)CCCc3ccccc3)C2)cc1C. The Labute approximate surface area is 192 Å². The van der Waals surface area contributed by atoms with Crippen LogP contribution in [0.1, 0.15) is 36.0 Å². The summed E-state index contributed by atoms with van der Waals surface area (Å²) in [6, 6.07) is 15.8. The molecule has 1 N–H and O–H groups in total. The van der Waals surface area contributed by atoms with Gasteiger partial charge in [-0.3, -0.25) is 4.79 Å². The van der Waals surface area contributed by atoms with Gasteiger partial charge in [0.2, 0.25) is 15.9 Å². The third-order valence-electron chi connectivity index (χ3n) is 6.01. The van der Waals surface area contributed by atoms with Crippen molar-refractivity contribution in [3.63, 3.8) is 0 Å². The van der Waals surface area contributed by atoms with Gasteiger partial charge in [0.05, 0.1) is 18.2 Å². The minimum atomic E-state index is -3.36. The van der Waals surface area contributed by atoms with Gasteiger partial charge in [-0.2, -0.15) is 0 Å². The summed E-state index contributed by atoms with van der Waals surface area (Å²) in [5.41, 5.74) is 3.52. The molecule has 174 valence electrons. The second kappa shape index (κ2) is 11.5. The average Bonchev–Trinajstić information content (AvgIpc) is 2.79. The summed E-state index contributed by atoms with van der Waals surface area (Å²) in [6.45, 7) is 5.62. The Bertz CT molecular complexity index is 992. The lowest BCUT2D eigenvalue weighted by molar-refractivity contribution is -0.126. The number of nitrogens with one attached hydrogen (secondary N) is 1. The summed E-state index contributed by atoms with van der Waals surface area (Å²) in [5.74, 6) is 0.486. The fourth-order valence-electron chi connectivity index (χ4n) is 3.93. The van der Waals surface area contributed by atoms with E-state index < -0.39 is 10.0 Å². The largest absolute Gasteiger partial charge is 0.492 e. The number of ether oxygens (including phenoxy) is 1. The predicted octanol–water partition coefficient (Wildman–Crippen LogP) is 3.47. The molecule has 0 radical (unpaired) electrons. The fourth-order valence-corrected chi connectivity index (χ4v) is 5.51. The zero-order valence-electron chi connectivity index (χ0n) is 19.0. The first-order valence-corrected chi connectivity index (χ1v) is 13.0. The molecule has 0 bridgehead atoms. The minimum absolute atomic E-state index is 0.0992. The van der Waals surface area contributed by atoms with E-state index in [2.05, 4.69) is 12.2 Å². The van der Waals surface area contributed by atoms with Gasteiger partial charge in [0.1, 0.15) is 12.4 Å². The van der Waals surface area contributed by atoms with Crippen molar-refractivity contribution in [1.82, 2.24) is 9.62 Å². The van der Waals surface area contributed by atoms with Crippen molar-refractivity contribution in [2.45, 2.75) is 39.5 Å².